The van der Waals surface area contributed by atoms with E-state index >= 15 is 0 Å². The first-order valence-corrected chi connectivity index (χ1v) is 13.6. The molecule has 2 heteroatoms. The molecule has 0 atom stereocenters. The normalized spacial score (nSPS) is 11.3. The van der Waals surface area contributed by atoms with Gasteiger partial charge in [-0.05, 0) is 52.1 Å². The average Bonchev–Trinajstić information content (AvgIpc) is 3.31. The molecule has 0 spiro atoms. The summed E-state index contributed by atoms with van der Waals surface area (Å²) in [6, 6.07) is 52.1. The number of fused-ring (bicyclic) bond motifs is 3. The number of hydrogen-bond acceptors (Lipinski definition) is 0. The number of hydrogen-bond donors (Lipinski definition) is 0. The summed E-state index contributed by atoms with van der Waals surface area (Å²) in [5.74, 6) is 0. The molecule has 0 aliphatic heterocycles. The van der Waals surface area contributed by atoms with Crippen LogP contribution in [0.3, 0.4) is 0 Å². The maximum Gasteiger partial charge on any atom is 0.0547 e. The molecule has 7 aromatic rings. The maximum atomic E-state index is 3.76. The molecule has 0 N–H and O–H groups in total. The highest BCUT2D eigenvalue weighted by Gasteiger charge is 2.18. The van der Waals surface area contributed by atoms with Crippen molar-refractivity contribution in [2.24, 2.45) is 0 Å². The lowest BCUT2D eigenvalue weighted by atomic mass is 9.93. The van der Waals surface area contributed by atoms with E-state index in [-0.39, 0.29) is 0 Å². The Morgan fingerprint density at radius 2 is 1.00 bits per heavy atom. The van der Waals surface area contributed by atoms with Crippen LogP contribution in [0.4, 0.5) is 0 Å². The average molecular weight is 550 g/mol. The largest absolute Gasteiger partial charge is 0.309 e. The zero-order valence-electron chi connectivity index (χ0n) is 20.7. The van der Waals surface area contributed by atoms with Crippen molar-refractivity contribution in [3.63, 3.8) is 0 Å². The van der Waals surface area contributed by atoms with Gasteiger partial charge in [0.2, 0.25) is 0 Å². The van der Waals surface area contributed by atoms with Crippen LogP contribution in [0, 0.1) is 0 Å². The Morgan fingerprint density at radius 1 is 0.395 bits per heavy atom. The molecule has 1 aromatic heterocycles. The molecule has 7 rings (SSSR count). The minimum absolute atomic E-state index is 1.10. The Balaban J connectivity index is 1.54. The van der Waals surface area contributed by atoms with Gasteiger partial charge in [-0.2, -0.15) is 0 Å². The number of benzene rings is 6. The SMILES string of the molecule is Brc1ccccc1-c1ccc2c3ccccc3n(-c3ccccc3-c3ccccc3-c3ccccc3)c2c1. The Bertz CT molecular complexity index is 1930. The molecule has 0 aliphatic carbocycles. The van der Waals surface area contributed by atoms with Crippen molar-refractivity contribution in [2.45, 2.75) is 0 Å². The van der Waals surface area contributed by atoms with Gasteiger partial charge in [0.15, 0.2) is 0 Å². The fourth-order valence-electron chi connectivity index (χ4n) is 5.58. The number of aromatic nitrogens is 1. The van der Waals surface area contributed by atoms with Crippen LogP contribution < -0.4 is 0 Å². The van der Waals surface area contributed by atoms with E-state index in [2.05, 4.69) is 166 Å². The van der Waals surface area contributed by atoms with E-state index < -0.39 is 0 Å². The lowest BCUT2D eigenvalue weighted by Crippen LogP contribution is -1.98. The number of para-hydroxylation sites is 2. The third-order valence-electron chi connectivity index (χ3n) is 7.31. The molecule has 1 nitrogen and oxygen atoms in total. The van der Waals surface area contributed by atoms with Crippen molar-refractivity contribution in [1.82, 2.24) is 4.57 Å². The minimum Gasteiger partial charge on any atom is -0.309 e. The fraction of sp³-hybridized carbons (Fsp3) is 0. The fourth-order valence-corrected chi connectivity index (χ4v) is 6.09. The molecule has 0 saturated heterocycles. The van der Waals surface area contributed by atoms with Crippen LogP contribution in [0.25, 0.3) is 60.9 Å². The number of rotatable bonds is 4. The summed E-state index contributed by atoms with van der Waals surface area (Å²) in [5.41, 5.74) is 10.8. The van der Waals surface area contributed by atoms with E-state index in [1.54, 1.807) is 0 Å². The second-order valence-electron chi connectivity index (χ2n) is 9.49. The zero-order valence-corrected chi connectivity index (χ0v) is 22.3. The van der Waals surface area contributed by atoms with Crippen LogP contribution in [-0.4, -0.2) is 4.57 Å². The van der Waals surface area contributed by atoms with E-state index in [9.17, 15) is 0 Å². The van der Waals surface area contributed by atoms with E-state index in [4.69, 9.17) is 0 Å². The molecule has 0 unspecified atom stereocenters. The van der Waals surface area contributed by atoms with E-state index in [0.717, 1.165) is 4.47 Å². The van der Waals surface area contributed by atoms with E-state index in [0.29, 0.717) is 0 Å². The Hall–Kier alpha value is -4.40. The van der Waals surface area contributed by atoms with Crippen LogP contribution in [0.2, 0.25) is 0 Å². The molecule has 1 heterocycles. The molecule has 180 valence electrons. The zero-order chi connectivity index (χ0) is 25.5. The van der Waals surface area contributed by atoms with Gasteiger partial charge in [-0.15, -0.1) is 0 Å². The number of nitrogens with zero attached hydrogens (tertiary/aromatic N) is 1. The second kappa shape index (κ2) is 9.48. The van der Waals surface area contributed by atoms with Gasteiger partial charge in [0.1, 0.15) is 0 Å². The van der Waals surface area contributed by atoms with E-state index in [1.807, 2.05) is 0 Å². The predicted molar refractivity (Wildman–Crippen MR) is 165 cm³/mol. The highest BCUT2D eigenvalue weighted by atomic mass is 79.9. The molecule has 0 aliphatic rings. The molecule has 38 heavy (non-hydrogen) atoms. The van der Waals surface area contributed by atoms with Gasteiger partial charge in [0, 0.05) is 20.8 Å². The first kappa shape index (κ1) is 22.8. The first-order chi connectivity index (χ1) is 18.8. The van der Waals surface area contributed by atoms with Crippen molar-refractivity contribution < 1.29 is 0 Å². The van der Waals surface area contributed by atoms with Crippen LogP contribution >= 0.6 is 15.9 Å². The smallest absolute Gasteiger partial charge is 0.0547 e. The molecular weight excluding hydrogens is 526 g/mol. The van der Waals surface area contributed by atoms with Crippen molar-refractivity contribution in [3.05, 3.63) is 150 Å². The monoisotopic (exact) mass is 549 g/mol. The van der Waals surface area contributed by atoms with Crippen LogP contribution in [0.1, 0.15) is 0 Å². The molecule has 0 bridgehead atoms. The van der Waals surface area contributed by atoms with Gasteiger partial charge in [-0.25, -0.2) is 0 Å². The summed E-state index contributed by atoms with van der Waals surface area (Å²) in [6.45, 7) is 0. The van der Waals surface area contributed by atoms with Crippen molar-refractivity contribution >= 4 is 37.7 Å². The second-order valence-corrected chi connectivity index (χ2v) is 10.3. The minimum atomic E-state index is 1.10. The van der Waals surface area contributed by atoms with Gasteiger partial charge >= 0.3 is 0 Å². The Labute approximate surface area is 230 Å². The quantitative estimate of drug-likeness (QED) is 0.205. The third-order valence-corrected chi connectivity index (χ3v) is 8.00. The summed E-state index contributed by atoms with van der Waals surface area (Å²) in [4.78, 5) is 0. The van der Waals surface area contributed by atoms with Crippen molar-refractivity contribution in [2.75, 3.05) is 0 Å². The summed E-state index contributed by atoms with van der Waals surface area (Å²) in [6.07, 6.45) is 0. The van der Waals surface area contributed by atoms with Gasteiger partial charge < -0.3 is 4.57 Å². The molecule has 0 radical (unpaired) electrons. The lowest BCUT2D eigenvalue weighted by molar-refractivity contribution is 1.18. The Kier molecular flexibility index (Phi) is 5.68. The molecule has 0 amide bonds. The van der Waals surface area contributed by atoms with Gasteiger partial charge in [-0.3, -0.25) is 0 Å². The van der Waals surface area contributed by atoms with Crippen LogP contribution in [-0.2, 0) is 0 Å². The standard InChI is InChI=1S/C36H24BrN/c37-33-19-9-6-15-28(33)26-22-23-32-31-18-8-11-21-35(31)38(36(32)24-26)34-20-10-7-17-30(34)29-16-5-4-14-27(29)25-12-2-1-3-13-25/h1-24H. The number of halogens is 1. The topological polar surface area (TPSA) is 4.93 Å². The predicted octanol–water partition coefficient (Wildman–Crippen LogP) is 10.5. The lowest BCUT2D eigenvalue weighted by Gasteiger charge is -2.17. The highest BCUT2D eigenvalue weighted by Crippen LogP contribution is 2.40. The molecular formula is C36H24BrN. The van der Waals surface area contributed by atoms with Gasteiger partial charge in [0.25, 0.3) is 0 Å². The summed E-state index contributed by atoms with van der Waals surface area (Å²) < 4.78 is 3.53. The summed E-state index contributed by atoms with van der Waals surface area (Å²) in [7, 11) is 0. The summed E-state index contributed by atoms with van der Waals surface area (Å²) >= 11 is 3.76. The van der Waals surface area contributed by atoms with Gasteiger partial charge in [-0.1, -0.05) is 137 Å². The van der Waals surface area contributed by atoms with E-state index in [1.165, 1.54) is 60.9 Å². The van der Waals surface area contributed by atoms with Gasteiger partial charge in [0.05, 0.1) is 16.7 Å². The van der Waals surface area contributed by atoms with Crippen LogP contribution in [0.5, 0.6) is 0 Å². The third kappa shape index (κ3) is 3.77. The van der Waals surface area contributed by atoms with Crippen molar-refractivity contribution in [1.29, 1.82) is 0 Å². The molecule has 0 saturated carbocycles. The summed E-state index contributed by atoms with van der Waals surface area (Å²) in [5, 5.41) is 2.51. The molecule has 6 aromatic carbocycles. The molecule has 0 fully saturated rings. The maximum absolute atomic E-state index is 3.76. The van der Waals surface area contributed by atoms with Crippen LogP contribution in [0.15, 0.2) is 150 Å². The van der Waals surface area contributed by atoms with Crippen molar-refractivity contribution in [3.8, 4) is 39.1 Å². The highest BCUT2D eigenvalue weighted by molar-refractivity contribution is 9.10. The first-order valence-electron chi connectivity index (χ1n) is 12.8. The Morgan fingerprint density at radius 3 is 1.82 bits per heavy atom.